The summed E-state index contributed by atoms with van der Waals surface area (Å²) in [6.07, 6.45) is -4.55. The average molecular weight is 466 g/mol. The molecule has 132 valence electrons. The van der Waals surface area contributed by atoms with Crippen LogP contribution in [-0.2, 0) is 6.18 Å². The van der Waals surface area contributed by atoms with E-state index in [2.05, 4.69) is 5.32 Å². The highest BCUT2D eigenvalue weighted by atomic mass is 127. The molecule has 2 aromatic rings. The third-order valence-corrected chi connectivity index (χ3v) is 4.12. The van der Waals surface area contributed by atoms with Crippen molar-refractivity contribution in [3.63, 3.8) is 0 Å². The number of hydrogen-bond acceptors (Lipinski definition) is 4. The summed E-state index contributed by atoms with van der Waals surface area (Å²) in [6.45, 7) is 0. The number of methoxy groups -OCH3 is 1. The van der Waals surface area contributed by atoms with Gasteiger partial charge in [-0.25, -0.2) is 0 Å². The van der Waals surface area contributed by atoms with Crippen LogP contribution in [0.15, 0.2) is 36.4 Å². The summed E-state index contributed by atoms with van der Waals surface area (Å²) in [7, 11) is 1.24. The molecule has 0 heterocycles. The SMILES string of the molecule is COc1ccc(C(=O)Nc2cc(C(F)(F)F)ccc2I)cc1[N+](=O)[O-]. The quantitative estimate of drug-likeness (QED) is 0.410. The molecule has 6 nitrogen and oxygen atoms in total. The lowest BCUT2D eigenvalue weighted by atomic mass is 10.1. The van der Waals surface area contributed by atoms with E-state index in [1.54, 1.807) is 22.6 Å². The number of anilines is 1. The topological polar surface area (TPSA) is 81.5 Å². The molecule has 0 radical (unpaired) electrons. The van der Waals surface area contributed by atoms with Crippen LogP contribution in [0.3, 0.4) is 0 Å². The predicted molar refractivity (Wildman–Crippen MR) is 91.8 cm³/mol. The maximum Gasteiger partial charge on any atom is 0.416 e. The van der Waals surface area contributed by atoms with E-state index in [1.807, 2.05) is 0 Å². The number of hydrogen-bond donors (Lipinski definition) is 1. The molecule has 0 aliphatic carbocycles. The summed E-state index contributed by atoms with van der Waals surface area (Å²) in [5, 5.41) is 13.3. The van der Waals surface area contributed by atoms with Crippen molar-refractivity contribution in [3.8, 4) is 5.75 Å². The Morgan fingerprint density at radius 3 is 2.48 bits per heavy atom. The van der Waals surface area contributed by atoms with Crippen LogP contribution in [-0.4, -0.2) is 17.9 Å². The second-order valence-corrected chi connectivity index (χ2v) is 5.95. The molecule has 0 aliphatic rings. The second-order valence-electron chi connectivity index (χ2n) is 4.79. The van der Waals surface area contributed by atoms with Gasteiger partial charge in [0.1, 0.15) is 0 Å². The first-order chi connectivity index (χ1) is 11.6. The van der Waals surface area contributed by atoms with Gasteiger partial charge in [-0.3, -0.25) is 14.9 Å². The average Bonchev–Trinajstić information content (AvgIpc) is 2.55. The Bertz CT molecular complexity index is 840. The summed E-state index contributed by atoms with van der Waals surface area (Å²) in [6, 6.07) is 6.43. The van der Waals surface area contributed by atoms with Gasteiger partial charge >= 0.3 is 11.9 Å². The fourth-order valence-corrected chi connectivity index (χ4v) is 2.44. The first-order valence-corrected chi connectivity index (χ1v) is 7.72. The van der Waals surface area contributed by atoms with E-state index in [0.717, 1.165) is 18.2 Å². The van der Waals surface area contributed by atoms with E-state index in [0.29, 0.717) is 3.57 Å². The Labute approximate surface area is 153 Å². The van der Waals surface area contributed by atoms with Gasteiger partial charge in [-0.05, 0) is 52.9 Å². The molecule has 2 aromatic carbocycles. The van der Waals surface area contributed by atoms with Crippen molar-refractivity contribution >= 4 is 39.9 Å². The van der Waals surface area contributed by atoms with E-state index in [-0.39, 0.29) is 17.0 Å². The van der Waals surface area contributed by atoms with Crippen LogP contribution in [0.5, 0.6) is 5.75 Å². The Morgan fingerprint density at radius 1 is 1.24 bits per heavy atom. The molecule has 10 heteroatoms. The highest BCUT2D eigenvalue weighted by molar-refractivity contribution is 14.1. The number of nitrogens with one attached hydrogen (secondary N) is 1. The van der Waals surface area contributed by atoms with Gasteiger partial charge in [-0.15, -0.1) is 0 Å². The molecule has 0 unspecified atom stereocenters. The van der Waals surface area contributed by atoms with Gasteiger partial charge in [0.15, 0.2) is 5.75 Å². The fourth-order valence-electron chi connectivity index (χ4n) is 1.97. The number of nitro groups is 1. The molecule has 0 saturated carbocycles. The van der Waals surface area contributed by atoms with Crippen molar-refractivity contribution in [2.24, 2.45) is 0 Å². The summed E-state index contributed by atoms with van der Waals surface area (Å²) >= 11 is 1.78. The molecule has 1 N–H and O–H groups in total. The Balaban J connectivity index is 2.34. The van der Waals surface area contributed by atoms with Gasteiger partial charge in [-0.1, -0.05) is 0 Å². The standard InChI is InChI=1S/C15H10F3IN2O4/c1-25-13-5-2-8(6-12(13)21(23)24)14(22)20-11-7-9(15(16,17)18)3-4-10(11)19/h2-7H,1H3,(H,20,22). The number of amides is 1. The molecule has 25 heavy (non-hydrogen) atoms. The van der Waals surface area contributed by atoms with Crippen molar-refractivity contribution in [2.45, 2.75) is 6.18 Å². The maximum absolute atomic E-state index is 12.8. The number of nitro benzene ring substituents is 1. The van der Waals surface area contributed by atoms with E-state index >= 15 is 0 Å². The van der Waals surface area contributed by atoms with E-state index in [9.17, 15) is 28.1 Å². The Hall–Kier alpha value is -2.37. The predicted octanol–water partition coefficient (Wildman–Crippen LogP) is 4.48. The van der Waals surface area contributed by atoms with Crippen LogP contribution in [0, 0.1) is 13.7 Å². The number of rotatable bonds is 4. The molecule has 0 fully saturated rings. The van der Waals surface area contributed by atoms with Crippen LogP contribution < -0.4 is 10.1 Å². The zero-order chi connectivity index (χ0) is 18.8. The van der Waals surface area contributed by atoms with Gasteiger partial charge < -0.3 is 10.1 Å². The molecular formula is C15H10F3IN2O4. The van der Waals surface area contributed by atoms with Crippen molar-refractivity contribution in [2.75, 3.05) is 12.4 Å². The number of carbonyl (C=O) groups excluding carboxylic acids is 1. The molecule has 0 spiro atoms. The van der Waals surface area contributed by atoms with Crippen LogP contribution in [0.4, 0.5) is 24.5 Å². The van der Waals surface area contributed by atoms with Crippen LogP contribution in [0.25, 0.3) is 0 Å². The number of nitrogens with zero attached hydrogens (tertiary/aromatic N) is 1. The minimum atomic E-state index is -4.55. The molecule has 1 amide bonds. The number of ether oxygens (including phenoxy) is 1. The van der Waals surface area contributed by atoms with Gasteiger partial charge in [0.25, 0.3) is 5.91 Å². The van der Waals surface area contributed by atoms with Gasteiger partial charge in [-0.2, -0.15) is 13.2 Å². The third kappa shape index (κ3) is 4.38. The lowest BCUT2D eigenvalue weighted by molar-refractivity contribution is -0.385. The third-order valence-electron chi connectivity index (χ3n) is 3.18. The largest absolute Gasteiger partial charge is 0.490 e. The minimum absolute atomic E-state index is 0.0322. The molecule has 0 atom stereocenters. The number of benzene rings is 2. The van der Waals surface area contributed by atoms with Crippen molar-refractivity contribution in [3.05, 3.63) is 61.2 Å². The van der Waals surface area contributed by atoms with Crippen LogP contribution in [0.2, 0.25) is 0 Å². The Kier molecular flexibility index (Phi) is 5.50. The van der Waals surface area contributed by atoms with E-state index < -0.39 is 28.3 Å². The summed E-state index contributed by atoms with van der Waals surface area (Å²) in [4.78, 5) is 22.5. The van der Waals surface area contributed by atoms with Crippen molar-refractivity contribution < 1.29 is 27.6 Å². The van der Waals surface area contributed by atoms with E-state index in [4.69, 9.17) is 4.74 Å². The number of alkyl halides is 3. The van der Waals surface area contributed by atoms with Crippen LogP contribution >= 0.6 is 22.6 Å². The molecule has 0 aliphatic heterocycles. The zero-order valence-corrected chi connectivity index (χ0v) is 14.7. The monoisotopic (exact) mass is 466 g/mol. The fraction of sp³-hybridized carbons (Fsp3) is 0.133. The lowest BCUT2D eigenvalue weighted by Crippen LogP contribution is -2.14. The highest BCUT2D eigenvalue weighted by Crippen LogP contribution is 2.33. The first kappa shape index (κ1) is 19.0. The van der Waals surface area contributed by atoms with Gasteiger partial charge in [0.05, 0.1) is 23.3 Å². The highest BCUT2D eigenvalue weighted by Gasteiger charge is 2.31. The van der Waals surface area contributed by atoms with Crippen molar-refractivity contribution in [1.82, 2.24) is 0 Å². The van der Waals surface area contributed by atoms with Gasteiger partial charge in [0.2, 0.25) is 0 Å². The molecule has 0 bridgehead atoms. The van der Waals surface area contributed by atoms with Crippen molar-refractivity contribution in [1.29, 1.82) is 0 Å². The smallest absolute Gasteiger partial charge is 0.416 e. The number of halogens is 4. The van der Waals surface area contributed by atoms with E-state index in [1.165, 1.54) is 25.3 Å². The Morgan fingerprint density at radius 2 is 1.92 bits per heavy atom. The minimum Gasteiger partial charge on any atom is -0.490 e. The number of carbonyl (C=O) groups is 1. The molecule has 0 saturated heterocycles. The zero-order valence-electron chi connectivity index (χ0n) is 12.6. The van der Waals surface area contributed by atoms with Gasteiger partial charge in [0, 0.05) is 15.2 Å². The lowest BCUT2D eigenvalue weighted by Gasteiger charge is -2.12. The van der Waals surface area contributed by atoms with Crippen LogP contribution in [0.1, 0.15) is 15.9 Å². The molecule has 2 rings (SSSR count). The normalized spacial score (nSPS) is 11.1. The summed E-state index contributed by atoms with van der Waals surface area (Å²) in [5.41, 5.74) is -1.46. The molecule has 0 aromatic heterocycles. The first-order valence-electron chi connectivity index (χ1n) is 6.64. The summed E-state index contributed by atoms with van der Waals surface area (Å²) in [5.74, 6) is -0.807. The maximum atomic E-state index is 12.8. The summed E-state index contributed by atoms with van der Waals surface area (Å²) < 4.78 is 43.6. The second kappa shape index (κ2) is 7.25. The molecular weight excluding hydrogens is 456 g/mol.